The Bertz CT molecular complexity index is 275. The minimum atomic E-state index is 0.634. The van der Waals surface area contributed by atoms with Gasteiger partial charge in [0.2, 0.25) is 0 Å². The lowest BCUT2D eigenvalue weighted by Crippen LogP contribution is -1.90. The van der Waals surface area contributed by atoms with Crippen LogP contribution in [0.15, 0.2) is 24.3 Å². The van der Waals surface area contributed by atoms with Crippen LogP contribution in [0.4, 0.5) is 0 Å². The van der Waals surface area contributed by atoms with Gasteiger partial charge in [-0.25, -0.2) is 0 Å². The molecule has 1 aromatic carbocycles. The standard InChI is InChI=1S/C9H9NO/c1-2-11-9-5-3-4-8(6-9)7-10/h3-6H,2H2,1H3. The van der Waals surface area contributed by atoms with E-state index >= 15 is 0 Å². The molecule has 0 aliphatic heterocycles. The molecule has 0 atom stereocenters. The van der Waals surface area contributed by atoms with Crippen LogP contribution in [0.1, 0.15) is 12.5 Å². The summed E-state index contributed by atoms with van der Waals surface area (Å²) in [4.78, 5) is 0. The maximum atomic E-state index is 8.52. The predicted octanol–water partition coefficient (Wildman–Crippen LogP) is 1.96. The summed E-state index contributed by atoms with van der Waals surface area (Å²) < 4.78 is 5.20. The highest BCUT2D eigenvalue weighted by Gasteiger charge is 1.92. The molecule has 0 aromatic heterocycles. The van der Waals surface area contributed by atoms with Gasteiger partial charge in [-0.1, -0.05) is 6.07 Å². The first-order valence-electron chi connectivity index (χ1n) is 3.49. The fraction of sp³-hybridized carbons (Fsp3) is 0.222. The molecule has 0 saturated carbocycles. The highest BCUT2D eigenvalue weighted by atomic mass is 16.5. The van der Waals surface area contributed by atoms with Crippen molar-refractivity contribution in [2.45, 2.75) is 6.92 Å². The Balaban J connectivity index is 2.85. The molecule has 0 aliphatic rings. The van der Waals surface area contributed by atoms with Crippen LogP contribution in [-0.4, -0.2) is 6.61 Å². The largest absolute Gasteiger partial charge is 0.494 e. The maximum Gasteiger partial charge on any atom is 0.120 e. The van der Waals surface area contributed by atoms with E-state index < -0.39 is 0 Å². The second-order valence-electron chi connectivity index (χ2n) is 2.07. The van der Waals surface area contributed by atoms with Gasteiger partial charge in [0.05, 0.1) is 18.2 Å². The van der Waals surface area contributed by atoms with Gasteiger partial charge in [0, 0.05) is 0 Å². The first-order chi connectivity index (χ1) is 5.36. The molecule has 0 saturated heterocycles. The van der Waals surface area contributed by atoms with E-state index in [1.165, 1.54) is 0 Å². The highest BCUT2D eigenvalue weighted by Crippen LogP contribution is 2.11. The molecule has 1 aromatic rings. The van der Waals surface area contributed by atoms with Crippen LogP contribution in [0.3, 0.4) is 0 Å². The van der Waals surface area contributed by atoms with Crippen molar-refractivity contribution in [3.63, 3.8) is 0 Å². The van der Waals surface area contributed by atoms with Gasteiger partial charge in [0.1, 0.15) is 5.75 Å². The average Bonchev–Trinajstić information content (AvgIpc) is 2.06. The van der Waals surface area contributed by atoms with Gasteiger partial charge in [-0.05, 0) is 25.1 Å². The third-order valence-electron chi connectivity index (χ3n) is 1.27. The summed E-state index contributed by atoms with van der Waals surface area (Å²) in [6.07, 6.45) is 0. The smallest absolute Gasteiger partial charge is 0.120 e. The molecule has 0 spiro atoms. The Kier molecular flexibility index (Phi) is 2.51. The first kappa shape index (κ1) is 7.62. The van der Waals surface area contributed by atoms with Crippen molar-refractivity contribution in [2.24, 2.45) is 0 Å². The van der Waals surface area contributed by atoms with Crippen LogP contribution in [-0.2, 0) is 0 Å². The van der Waals surface area contributed by atoms with Crippen LogP contribution in [0.2, 0.25) is 0 Å². The molecule has 0 heterocycles. The number of hydrogen-bond donors (Lipinski definition) is 0. The zero-order valence-corrected chi connectivity index (χ0v) is 6.37. The number of nitriles is 1. The molecule has 56 valence electrons. The fourth-order valence-electron chi connectivity index (χ4n) is 0.822. The summed E-state index contributed by atoms with van der Waals surface area (Å²) in [5.74, 6) is 0.756. The van der Waals surface area contributed by atoms with E-state index in [9.17, 15) is 0 Å². The lowest BCUT2D eigenvalue weighted by molar-refractivity contribution is 0.340. The molecule has 0 amide bonds. The zero-order chi connectivity index (χ0) is 8.10. The molecular weight excluding hydrogens is 138 g/mol. The minimum absolute atomic E-state index is 0.634. The molecule has 0 aliphatic carbocycles. The summed E-state index contributed by atoms with van der Waals surface area (Å²) in [6, 6.07) is 9.17. The van der Waals surface area contributed by atoms with Crippen molar-refractivity contribution >= 4 is 0 Å². The van der Waals surface area contributed by atoms with Gasteiger partial charge in [0.15, 0.2) is 0 Å². The maximum absolute atomic E-state index is 8.52. The molecule has 0 fully saturated rings. The quantitative estimate of drug-likeness (QED) is 0.640. The molecule has 0 N–H and O–H groups in total. The normalized spacial score (nSPS) is 8.73. The van der Waals surface area contributed by atoms with E-state index in [-0.39, 0.29) is 0 Å². The molecule has 1 rings (SSSR count). The summed E-state index contributed by atoms with van der Waals surface area (Å²) in [6.45, 7) is 2.55. The SMILES string of the molecule is CCOc1cccc(C#N)c1. The summed E-state index contributed by atoms with van der Waals surface area (Å²) >= 11 is 0. The van der Waals surface area contributed by atoms with Crippen LogP contribution in [0.25, 0.3) is 0 Å². The molecule has 0 bridgehead atoms. The Hall–Kier alpha value is -1.49. The minimum Gasteiger partial charge on any atom is -0.494 e. The Labute approximate surface area is 66.0 Å². The van der Waals surface area contributed by atoms with Gasteiger partial charge in [-0.2, -0.15) is 5.26 Å². The van der Waals surface area contributed by atoms with E-state index in [2.05, 4.69) is 0 Å². The molecule has 11 heavy (non-hydrogen) atoms. The van der Waals surface area contributed by atoms with Crippen molar-refractivity contribution in [2.75, 3.05) is 6.61 Å². The Morgan fingerprint density at radius 3 is 3.00 bits per heavy atom. The summed E-state index contributed by atoms with van der Waals surface area (Å²) in [5.41, 5.74) is 0.635. The van der Waals surface area contributed by atoms with Gasteiger partial charge in [0.25, 0.3) is 0 Å². The van der Waals surface area contributed by atoms with Crippen molar-refractivity contribution in [3.05, 3.63) is 29.8 Å². The number of benzene rings is 1. The van der Waals surface area contributed by atoms with Crippen molar-refractivity contribution in [1.82, 2.24) is 0 Å². The molecular formula is C9H9NO. The van der Waals surface area contributed by atoms with Crippen molar-refractivity contribution < 1.29 is 4.74 Å². The lowest BCUT2D eigenvalue weighted by atomic mass is 10.2. The molecule has 0 unspecified atom stereocenters. The first-order valence-corrected chi connectivity index (χ1v) is 3.49. The van der Waals surface area contributed by atoms with Crippen LogP contribution in [0, 0.1) is 11.3 Å². The number of ether oxygens (including phenoxy) is 1. The zero-order valence-electron chi connectivity index (χ0n) is 6.37. The van der Waals surface area contributed by atoms with Crippen LogP contribution >= 0.6 is 0 Å². The van der Waals surface area contributed by atoms with Crippen molar-refractivity contribution in [1.29, 1.82) is 5.26 Å². The van der Waals surface area contributed by atoms with Gasteiger partial charge in [-0.15, -0.1) is 0 Å². The number of nitrogens with zero attached hydrogens (tertiary/aromatic N) is 1. The van der Waals surface area contributed by atoms with Gasteiger partial charge < -0.3 is 4.74 Å². The van der Waals surface area contributed by atoms with E-state index in [1.54, 1.807) is 12.1 Å². The van der Waals surface area contributed by atoms with Gasteiger partial charge in [-0.3, -0.25) is 0 Å². The Morgan fingerprint density at radius 2 is 2.36 bits per heavy atom. The second-order valence-corrected chi connectivity index (χ2v) is 2.07. The highest BCUT2D eigenvalue weighted by molar-refractivity contribution is 5.36. The van der Waals surface area contributed by atoms with E-state index in [1.807, 2.05) is 25.1 Å². The third-order valence-corrected chi connectivity index (χ3v) is 1.27. The molecule has 0 radical (unpaired) electrons. The predicted molar refractivity (Wildman–Crippen MR) is 42.3 cm³/mol. The van der Waals surface area contributed by atoms with E-state index in [4.69, 9.17) is 10.00 Å². The summed E-state index contributed by atoms with van der Waals surface area (Å²) in [7, 11) is 0. The lowest BCUT2D eigenvalue weighted by Gasteiger charge is -2.00. The second kappa shape index (κ2) is 3.62. The fourth-order valence-corrected chi connectivity index (χ4v) is 0.822. The molecule has 2 nitrogen and oxygen atoms in total. The third kappa shape index (κ3) is 1.98. The van der Waals surface area contributed by atoms with Crippen LogP contribution < -0.4 is 4.74 Å². The Morgan fingerprint density at radius 1 is 1.55 bits per heavy atom. The molecule has 2 heteroatoms. The van der Waals surface area contributed by atoms with E-state index in [0.717, 1.165) is 5.75 Å². The monoisotopic (exact) mass is 147 g/mol. The topological polar surface area (TPSA) is 33.0 Å². The number of hydrogen-bond acceptors (Lipinski definition) is 2. The summed E-state index contributed by atoms with van der Waals surface area (Å²) in [5, 5.41) is 8.52. The van der Waals surface area contributed by atoms with Crippen LogP contribution in [0.5, 0.6) is 5.75 Å². The average molecular weight is 147 g/mol. The van der Waals surface area contributed by atoms with E-state index in [0.29, 0.717) is 12.2 Å². The van der Waals surface area contributed by atoms with Crippen molar-refractivity contribution in [3.8, 4) is 11.8 Å². The van der Waals surface area contributed by atoms with Gasteiger partial charge >= 0.3 is 0 Å². The number of rotatable bonds is 2.